The van der Waals surface area contributed by atoms with Crippen molar-refractivity contribution in [2.24, 2.45) is 0 Å². The quantitative estimate of drug-likeness (QED) is 0.661. The Labute approximate surface area is 79.3 Å². The van der Waals surface area contributed by atoms with Crippen LogP contribution in [-0.4, -0.2) is 30.2 Å². The molecule has 0 radical (unpaired) electrons. The van der Waals surface area contributed by atoms with Crippen molar-refractivity contribution in [3.63, 3.8) is 0 Å². The van der Waals surface area contributed by atoms with Gasteiger partial charge in [-0.05, 0) is 19.8 Å². The van der Waals surface area contributed by atoms with Crippen LogP contribution in [0.1, 0.15) is 26.2 Å². The second kappa shape index (κ2) is 4.74. The van der Waals surface area contributed by atoms with Gasteiger partial charge in [0, 0.05) is 6.42 Å². The Morgan fingerprint density at radius 3 is 2.69 bits per heavy atom. The van der Waals surface area contributed by atoms with E-state index in [9.17, 15) is 5.11 Å². The zero-order chi connectivity index (χ0) is 9.73. The van der Waals surface area contributed by atoms with Crippen LogP contribution in [0.5, 0.6) is 0 Å². The van der Waals surface area contributed by atoms with E-state index in [0.29, 0.717) is 26.1 Å². The van der Waals surface area contributed by atoms with Crippen molar-refractivity contribution in [1.29, 1.82) is 0 Å². The third kappa shape index (κ3) is 3.46. The molecule has 0 bridgehead atoms. The SMILES string of the molecule is C=CC[C@@H](O)CCC1(C)OCCO1. The number of aliphatic hydroxyl groups excluding tert-OH is 1. The van der Waals surface area contributed by atoms with E-state index in [1.165, 1.54) is 0 Å². The third-order valence-electron chi connectivity index (χ3n) is 2.27. The predicted octanol–water partition coefficient (Wildman–Crippen LogP) is 1.47. The molecule has 1 atom stereocenters. The van der Waals surface area contributed by atoms with Crippen LogP contribution in [0.3, 0.4) is 0 Å². The molecule has 1 fully saturated rings. The van der Waals surface area contributed by atoms with Crippen molar-refractivity contribution >= 4 is 0 Å². The predicted molar refractivity (Wildman–Crippen MR) is 50.4 cm³/mol. The molecule has 3 nitrogen and oxygen atoms in total. The smallest absolute Gasteiger partial charge is 0.165 e. The summed E-state index contributed by atoms with van der Waals surface area (Å²) in [4.78, 5) is 0. The molecule has 3 heteroatoms. The van der Waals surface area contributed by atoms with Gasteiger partial charge in [-0.15, -0.1) is 6.58 Å². The molecule has 0 aromatic carbocycles. The zero-order valence-corrected chi connectivity index (χ0v) is 8.16. The van der Waals surface area contributed by atoms with Crippen LogP contribution in [-0.2, 0) is 9.47 Å². The molecule has 1 heterocycles. The van der Waals surface area contributed by atoms with Gasteiger partial charge in [-0.25, -0.2) is 0 Å². The molecule has 1 N–H and O–H groups in total. The fourth-order valence-corrected chi connectivity index (χ4v) is 1.44. The number of hydrogen-bond acceptors (Lipinski definition) is 3. The summed E-state index contributed by atoms with van der Waals surface area (Å²) in [5.74, 6) is -0.470. The van der Waals surface area contributed by atoms with Crippen molar-refractivity contribution in [2.75, 3.05) is 13.2 Å². The first-order valence-electron chi connectivity index (χ1n) is 4.73. The standard InChI is InChI=1S/C10H18O3/c1-3-4-9(11)5-6-10(2)12-7-8-13-10/h3,9,11H,1,4-8H2,2H3/t9-/m1/s1. The van der Waals surface area contributed by atoms with Crippen LogP contribution < -0.4 is 0 Å². The van der Waals surface area contributed by atoms with Crippen LogP contribution in [0.15, 0.2) is 12.7 Å². The van der Waals surface area contributed by atoms with Crippen molar-refractivity contribution in [3.05, 3.63) is 12.7 Å². The van der Waals surface area contributed by atoms with Gasteiger partial charge < -0.3 is 14.6 Å². The summed E-state index contributed by atoms with van der Waals surface area (Å²) in [6, 6.07) is 0. The van der Waals surface area contributed by atoms with Gasteiger partial charge in [0.15, 0.2) is 5.79 Å². The van der Waals surface area contributed by atoms with Gasteiger partial charge in [0.1, 0.15) is 0 Å². The van der Waals surface area contributed by atoms with Crippen LogP contribution in [0, 0.1) is 0 Å². The molecule has 1 saturated heterocycles. The highest BCUT2D eigenvalue weighted by atomic mass is 16.7. The molecule has 13 heavy (non-hydrogen) atoms. The average molecular weight is 186 g/mol. The minimum atomic E-state index is -0.470. The van der Waals surface area contributed by atoms with Crippen molar-refractivity contribution in [1.82, 2.24) is 0 Å². The first kappa shape index (κ1) is 10.7. The summed E-state index contributed by atoms with van der Waals surface area (Å²) in [6.07, 6.45) is 3.48. The van der Waals surface area contributed by atoms with E-state index in [0.717, 1.165) is 6.42 Å². The van der Waals surface area contributed by atoms with Gasteiger partial charge in [0.05, 0.1) is 19.3 Å². The Morgan fingerprint density at radius 2 is 2.15 bits per heavy atom. The van der Waals surface area contributed by atoms with Crippen molar-refractivity contribution in [2.45, 2.75) is 38.1 Å². The monoisotopic (exact) mass is 186 g/mol. The first-order chi connectivity index (χ1) is 6.16. The highest BCUT2D eigenvalue weighted by Crippen LogP contribution is 2.25. The van der Waals surface area contributed by atoms with E-state index in [1.54, 1.807) is 6.08 Å². The van der Waals surface area contributed by atoms with Gasteiger partial charge in [0.2, 0.25) is 0 Å². The molecule has 0 spiro atoms. The molecule has 76 valence electrons. The van der Waals surface area contributed by atoms with Gasteiger partial charge in [-0.3, -0.25) is 0 Å². The van der Waals surface area contributed by atoms with Gasteiger partial charge in [0.25, 0.3) is 0 Å². The largest absolute Gasteiger partial charge is 0.393 e. The Kier molecular flexibility index (Phi) is 3.90. The van der Waals surface area contributed by atoms with E-state index in [1.807, 2.05) is 6.92 Å². The van der Waals surface area contributed by atoms with E-state index in [-0.39, 0.29) is 6.10 Å². The summed E-state index contributed by atoms with van der Waals surface area (Å²) < 4.78 is 10.8. The summed E-state index contributed by atoms with van der Waals surface area (Å²) >= 11 is 0. The normalized spacial score (nSPS) is 22.9. The Balaban J connectivity index is 2.20. The summed E-state index contributed by atoms with van der Waals surface area (Å²) in [5.41, 5.74) is 0. The summed E-state index contributed by atoms with van der Waals surface area (Å²) in [5, 5.41) is 9.44. The maximum absolute atomic E-state index is 9.44. The lowest BCUT2D eigenvalue weighted by Crippen LogP contribution is -2.27. The lowest BCUT2D eigenvalue weighted by Gasteiger charge is -2.23. The van der Waals surface area contributed by atoms with Gasteiger partial charge in [-0.1, -0.05) is 6.08 Å². The van der Waals surface area contributed by atoms with Gasteiger partial charge >= 0.3 is 0 Å². The molecule has 1 rings (SSSR count). The highest BCUT2D eigenvalue weighted by molar-refractivity contribution is 4.75. The Morgan fingerprint density at radius 1 is 1.54 bits per heavy atom. The minimum Gasteiger partial charge on any atom is -0.393 e. The molecule has 0 aliphatic carbocycles. The highest BCUT2D eigenvalue weighted by Gasteiger charge is 2.30. The fourth-order valence-electron chi connectivity index (χ4n) is 1.44. The molecule has 0 unspecified atom stereocenters. The zero-order valence-electron chi connectivity index (χ0n) is 8.16. The summed E-state index contributed by atoms with van der Waals surface area (Å²) in [7, 11) is 0. The Bertz CT molecular complexity index is 162. The topological polar surface area (TPSA) is 38.7 Å². The van der Waals surface area contributed by atoms with Crippen LogP contribution in [0.4, 0.5) is 0 Å². The molecule has 1 aliphatic rings. The molecule has 0 aromatic rings. The van der Waals surface area contributed by atoms with Crippen LogP contribution in [0.2, 0.25) is 0 Å². The Hall–Kier alpha value is -0.380. The van der Waals surface area contributed by atoms with E-state index in [4.69, 9.17) is 9.47 Å². The number of aliphatic hydroxyl groups is 1. The second-order valence-corrected chi connectivity index (χ2v) is 3.55. The van der Waals surface area contributed by atoms with Crippen LogP contribution >= 0.6 is 0 Å². The number of ether oxygens (including phenoxy) is 2. The minimum absolute atomic E-state index is 0.317. The average Bonchev–Trinajstić information content (AvgIpc) is 2.51. The molecule has 0 amide bonds. The van der Waals surface area contributed by atoms with Gasteiger partial charge in [-0.2, -0.15) is 0 Å². The molecule has 0 saturated carbocycles. The number of rotatable bonds is 5. The molecular formula is C10H18O3. The molecule has 1 aliphatic heterocycles. The van der Waals surface area contributed by atoms with Crippen molar-refractivity contribution < 1.29 is 14.6 Å². The maximum atomic E-state index is 9.44. The lowest BCUT2D eigenvalue weighted by atomic mass is 10.1. The second-order valence-electron chi connectivity index (χ2n) is 3.55. The van der Waals surface area contributed by atoms with E-state index in [2.05, 4.69) is 6.58 Å². The van der Waals surface area contributed by atoms with Crippen molar-refractivity contribution in [3.8, 4) is 0 Å². The van der Waals surface area contributed by atoms with E-state index < -0.39 is 5.79 Å². The van der Waals surface area contributed by atoms with Crippen LogP contribution in [0.25, 0.3) is 0 Å². The molecule has 0 aromatic heterocycles. The van der Waals surface area contributed by atoms with E-state index >= 15 is 0 Å². The lowest BCUT2D eigenvalue weighted by molar-refractivity contribution is -0.150. The third-order valence-corrected chi connectivity index (χ3v) is 2.27. The summed E-state index contributed by atoms with van der Waals surface area (Å²) in [6.45, 7) is 6.81. The number of hydrogen-bond donors (Lipinski definition) is 1. The fraction of sp³-hybridized carbons (Fsp3) is 0.800. The molecular weight excluding hydrogens is 168 g/mol. The first-order valence-corrected chi connectivity index (χ1v) is 4.73. The maximum Gasteiger partial charge on any atom is 0.165 e.